The lowest BCUT2D eigenvalue weighted by Gasteiger charge is -2.13. The van der Waals surface area contributed by atoms with Crippen molar-refractivity contribution in [2.75, 3.05) is 13.2 Å². The fourth-order valence-electron chi connectivity index (χ4n) is 1.65. The molecule has 0 spiro atoms. The number of nitrogens with two attached hydrogens (primary N) is 1. The predicted molar refractivity (Wildman–Crippen MR) is 70.1 cm³/mol. The van der Waals surface area contributed by atoms with Crippen LogP contribution in [0.2, 0.25) is 0 Å². The third-order valence-electron chi connectivity index (χ3n) is 2.73. The Bertz CT molecular complexity index is 315. The summed E-state index contributed by atoms with van der Waals surface area (Å²) in [5.41, 5.74) is 7.11. The van der Waals surface area contributed by atoms with E-state index in [1.807, 2.05) is 24.3 Å². The molecule has 0 aromatic heterocycles. The van der Waals surface area contributed by atoms with E-state index < -0.39 is 0 Å². The lowest BCUT2D eigenvalue weighted by atomic mass is 10.0. The number of rotatable bonds is 8. The van der Waals surface area contributed by atoms with Gasteiger partial charge in [0.1, 0.15) is 5.75 Å². The van der Waals surface area contributed by atoms with E-state index in [-0.39, 0.29) is 12.6 Å². The average molecular weight is 237 g/mol. The first-order valence-electron chi connectivity index (χ1n) is 6.37. The van der Waals surface area contributed by atoms with E-state index in [0.717, 1.165) is 43.6 Å². The van der Waals surface area contributed by atoms with Crippen LogP contribution in [-0.4, -0.2) is 18.3 Å². The quantitative estimate of drug-likeness (QED) is 0.683. The molecule has 1 rings (SSSR count). The highest BCUT2D eigenvalue weighted by Crippen LogP contribution is 2.21. The Kier molecular flexibility index (Phi) is 6.67. The molecule has 1 atom stereocenters. The molecule has 0 aliphatic heterocycles. The zero-order valence-electron chi connectivity index (χ0n) is 10.6. The summed E-state index contributed by atoms with van der Waals surface area (Å²) in [6, 6.07) is 7.91. The molecule has 3 nitrogen and oxygen atoms in total. The molecule has 0 bridgehead atoms. The predicted octanol–water partition coefficient (Wildman–Crippen LogP) is 2.64. The van der Waals surface area contributed by atoms with Gasteiger partial charge in [0.05, 0.1) is 6.61 Å². The number of hydrogen-bond acceptors (Lipinski definition) is 3. The molecule has 0 unspecified atom stereocenters. The Hall–Kier alpha value is -1.06. The van der Waals surface area contributed by atoms with E-state index in [2.05, 4.69) is 6.92 Å². The molecule has 0 aliphatic rings. The molecule has 3 heteroatoms. The summed E-state index contributed by atoms with van der Waals surface area (Å²) < 4.78 is 5.64. The van der Waals surface area contributed by atoms with Crippen molar-refractivity contribution in [2.45, 2.75) is 38.6 Å². The van der Waals surface area contributed by atoms with Gasteiger partial charge in [-0.15, -0.1) is 0 Å². The number of benzene rings is 1. The van der Waals surface area contributed by atoms with Gasteiger partial charge in [0.25, 0.3) is 0 Å². The minimum absolute atomic E-state index is 0.0168. The van der Waals surface area contributed by atoms with Crippen molar-refractivity contribution in [1.29, 1.82) is 0 Å². The van der Waals surface area contributed by atoms with E-state index in [9.17, 15) is 0 Å². The molecule has 17 heavy (non-hydrogen) atoms. The van der Waals surface area contributed by atoms with Gasteiger partial charge in [-0.05, 0) is 37.0 Å². The molecule has 0 saturated carbocycles. The minimum atomic E-state index is -0.0168. The van der Waals surface area contributed by atoms with Gasteiger partial charge in [-0.25, -0.2) is 0 Å². The van der Waals surface area contributed by atoms with Crippen LogP contribution in [0, 0.1) is 0 Å². The van der Waals surface area contributed by atoms with Crippen LogP contribution in [0.4, 0.5) is 0 Å². The van der Waals surface area contributed by atoms with Gasteiger partial charge in [-0.1, -0.05) is 25.5 Å². The monoisotopic (exact) mass is 237 g/mol. The lowest BCUT2D eigenvalue weighted by molar-refractivity contribution is 0.279. The first-order valence-corrected chi connectivity index (χ1v) is 6.37. The van der Waals surface area contributed by atoms with Crippen LogP contribution in [-0.2, 0) is 0 Å². The highest BCUT2D eigenvalue weighted by molar-refractivity contribution is 5.30. The van der Waals surface area contributed by atoms with Crippen LogP contribution in [0.3, 0.4) is 0 Å². The summed E-state index contributed by atoms with van der Waals surface area (Å²) in [6.07, 6.45) is 3.74. The second-order valence-corrected chi connectivity index (χ2v) is 4.25. The van der Waals surface area contributed by atoms with Crippen molar-refractivity contribution in [3.63, 3.8) is 0 Å². The van der Waals surface area contributed by atoms with Crippen LogP contribution >= 0.6 is 0 Å². The first-order chi connectivity index (χ1) is 8.27. The van der Waals surface area contributed by atoms with E-state index in [1.54, 1.807) is 0 Å². The van der Waals surface area contributed by atoms with Crippen molar-refractivity contribution in [3.05, 3.63) is 29.8 Å². The zero-order chi connectivity index (χ0) is 12.5. The molecule has 3 N–H and O–H groups in total. The lowest BCUT2D eigenvalue weighted by Crippen LogP contribution is -2.11. The Morgan fingerprint density at radius 1 is 1.35 bits per heavy atom. The van der Waals surface area contributed by atoms with Crippen LogP contribution < -0.4 is 10.5 Å². The number of aliphatic hydroxyl groups is 1. The van der Waals surface area contributed by atoms with Gasteiger partial charge >= 0.3 is 0 Å². The van der Waals surface area contributed by atoms with Crippen LogP contribution in [0.15, 0.2) is 24.3 Å². The third kappa shape index (κ3) is 5.20. The Balaban J connectivity index is 2.52. The van der Waals surface area contributed by atoms with E-state index >= 15 is 0 Å². The highest BCUT2D eigenvalue weighted by atomic mass is 16.5. The van der Waals surface area contributed by atoms with Crippen molar-refractivity contribution >= 4 is 0 Å². The van der Waals surface area contributed by atoms with Gasteiger partial charge in [0, 0.05) is 12.6 Å². The van der Waals surface area contributed by atoms with Gasteiger partial charge < -0.3 is 15.6 Å². The summed E-state index contributed by atoms with van der Waals surface area (Å²) in [5, 5.41) is 8.78. The van der Waals surface area contributed by atoms with Crippen molar-refractivity contribution in [2.24, 2.45) is 5.73 Å². The summed E-state index contributed by atoms with van der Waals surface area (Å²) in [6.45, 7) is 3.09. The van der Waals surface area contributed by atoms with E-state index in [0.29, 0.717) is 0 Å². The van der Waals surface area contributed by atoms with Gasteiger partial charge in [-0.2, -0.15) is 0 Å². The zero-order valence-corrected chi connectivity index (χ0v) is 10.6. The second-order valence-electron chi connectivity index (χ2n) is 4.25. The number of hydrogen-bond donors (Lipinski definition) is 2. The molecule has 0 aliphatic carbocycles. The standard InChI is InChI=1S/C14H23NO2/c1-2-3-10-17-13-7-4-6-12(11-13)14(15)8-5-9-16/h4,6-7,11,14,16H,2-3,5,8-10,15H2,1H3/t14-/m0/s1. The van der Waals surface area contributed by atoms with Crippen molar-refractivity contribution < 1.29 is 9.84 Å². The fraction of sp³-hybridized carbons (Fsp3) is 0.571. The van der Waals surface area contributed by atoms with Crippen LogP contribution in [0.1, 0.15) is 44.2 Å². The number of ether oxygens (including phenoxy) is 1. The molecule has 0 saturated heterocycles. The molecule has 0 radical (unpaired) electrons. The summed E-state index contributed by atoms with van der Waals surface area (Å²) in [7, 11) is 0. The fourth-order valence-corrected chi connectivity index (χ4v) is 1.65. The molecule has 1 aromatic rings. The molecule has 0 heterocycles. The largest absolute Gasteiger partial charge is 0.494 e. The van der Waals surface area contributed by atoms with Crippen molar-refractivity contribution in [1.82, 2.24) is 0 Å². The number of aliphatic hydroxyl groups excluding tert-OH is 1. The third-order valence-corrected chi connectivity index (χ3v) is 2.73. The smallest absolute Gasteiger partial charge is 0.119 e. The van der Waals surface area contributed by atoms with Gasteiger partial charge in [0.2, 0.25) is 0 Å². The molecular weight excluding hydrogens is 214 g/mol. The SMILES string of the molecule is CCCCOc1cccc([C@@H](N)CCCO)c1. The second kappa shape index (κ2) is 8.09. The van der Waals surface area contributed by atoms with Crippen LogP contribution in [0.25, 0.3) is 0 Å². The summed E-state index contributed by atoms with van der Waals surface area (Å²) in [4.78, 5) is 0. The molecule has 0 fully saturated rings. The maximum absolute atomic E-state index is 8.78. The van der Waals surface area contributed by atoms with Gasteiger partial charge in [-0.3, -0.25) is 0 Å². The maximum Gasteiger partial charge on any atom is 0.119 e. The van der Waals surface area contributed by atoms with E-state index in [1.165, 1.54) is 0 Å². The Morgan fingerprint density at radius 3 is 2.88 bits per heavy atom. The van der Waals surface area contributed by atoms with E-state index in [4.69, 9.17) is 15.6 Å². The molecule has 96 valence electrons. The van der Waals surface area contributed by atoms with Gasteiger partial charge in [0.15, 0.2) is 0 Å². The molecular formula is C14H23NO2. The topological polar surface area (TPSA) is 55.5 Å². The molecule has 0 amide bonds. The van der Waals surface area contributed by atoms with Crippen LogP contribution in [0.5, 0.6) is 5.75 Å². The normalized spacial score (nSPS) is 12.4. The first kappa shape index (κ1) is 14.0. The number of unbranched alkanes of at least 4 members (excludes halogenated alkanes) is 1. The highest BCUT2D eigenvalue weighted by Gasteiger charge is 2.06. The Labute approximate surface area is 104 Å². The molecule has 1 aromatic carbocycles. The Morgan fingerprint density at radius 2 is 2.18 bits per heavy atom. The maximum atomic E-state index is 8.78. The van der Waals surface area contributed by atoms with Crippen molar-refractivity contribution in [3.8, 4) is 5.75 Å². The summed E-state index contributed by atoms with van der Waals surface area (Å²) >= 11 is 0. The average Bonchev–Trinajstić information content (AvgIpc) is 2.36. The minimum Gasteiger partial charge on any atom is -0.494 e. The summed E-state index contributed by atoms with van der Waals surface area (Å²) in [5.74, 6) is 0.885.